The van der Waals surface area contributed by atoms with Crippen molar-refractivity contribution in [3.05, 3.63) is 27.4 Å². The molecule has 0 fully saturated rings. The molecule has 1 aromatic rings. The average Bonchev–Trinajstić information content (AvgIpc) is 2.55. The summed E-state index contributed by atoms with van der Waals surface area (Å²) >= 11 is 0. The number of hydrogen-bond donors (Lipinski definition) is 0. The predicted octanol–water partition coefficient (Wildman–Crippen LogP) is 1.29. The van der Waals surface area contributed by atoms with Crippen LogP contribution in [0.25, 0.3) is 0 Å². The Morgan fingerprint density at radius 2 is 2.31 bits per heavy atom. The maximum absolute atomic E-state index is 11.3. The van der Waals surface area contributed by atoms with Crippen molar-refractivity contribution in [3.8, 4) is 0 Å². The molecule has 0 atom stereocenters. The van der Waals surface area contributed by atoms with E-state index in [4.69, 9.17) is 0 Å². The summed E-state index contributed by atoms with van der Waals surface area (Å²) in [4.78, 5) is 21.4. The van der Waals surface area contributed by atoms with E-state index < -0.39 is 4.92 Å². The number of carbonyl (C=O) groups excluding carboxylic acids is 1. The van der Waals surface area contributed by atoms with Crippen molar-refractivity contribution >= 4 is 11.6 Å². The molecule has 5 nitrogen and oxygen atoms in total. The molecule has 1 aliphatic heterocycles. The van der Waals surface area contributed by atoms with Crippen LogP contribution < -0.4 is 0 Å². The Balaban J connectivity index is 2.65. The van der Waals surface area contributed by atoms with Gasteiger partial charge in [0.1, 0.15) is 0 Å². The number of carbonyl (C=O) groups is 1. The highest BCUT2D eigenvalue weighted by Crippen LogP contribution is 2.27. The minimum Gasteiger partial charge on any atom is -0.358 e. The van der Waals surface area contributed by atoms with E-state index >= 15 is 0 Å². The number of ketones is 1. The molecule has 2 heterocycles. The van der Waals surface area contributed by atoms with Crippen LogP contribution in [0.5, 0.6) is 0 Å². The van der Waals surface area contributed by atoms with Crippen molar-refractivity contribution in [3.63, 3.8) is 0 Å². The lowest BCUT2D eigenvalue weighted by Gasteiger charge is -1.94. The largest absolute Gasteiger partial charge is 0.358 e. The number of Topliss-reactive ketones (excluding diaryl/α,β-unsaturated/α-hetero) is 1. The fourth-order valence-corrected chi connectivity index (χ4v) is 1.75. The molecule has 0 saturated carbocycles. The zero-order valence-electron chi connectivity index (χ0n) is 7.11. The van der Waals surface area contributed by atoms with Gasteiger partial charge in [-0.3, -0.25) is 4.79 Å². The molecular weight excluding hydrogens is 172 g/mol. The molecule has 0 spiro atoms. The number of rotatable bonds is 1. The zero-order valence-corrected chi connectivity index (χ0v) is 7.11. The summed E-state index contributed by atoms with van der Waals surface area (Å²) in [5.41, 5.74) is 1.21. The number of fused-ring (bicyclic) bond motifs is 1. The molecule has 0 N–H and O–H groups in total. The molecule has 0 unspecified atom stereocenters. The lowest BCUT2D eigenvalue weighted by Crippen LogP contribution is -1.99. The number of nitrogens with zero attached hydrogens (tertiary/aromatic N) is 2. The highest BCUT2D eigenvalue weighted by Gasteiger charge is 2.32. The molecule has 0 bridgehead atoms. The molecule has 0 aromatic carbocycles. The van der Waals surface area contributed by atoms with E-state index in [2.05, 4.69) is 0 Å². The van der Waals surface area contributed by atoms with Crippen molar-refractivity contribution in [1.29, 1.82) is 0 Å². The molecule has 0 radical (unpaired) electrons. The number of aromatic nitrogens is 1. The van der Waals surface area contributed by atoms with Gasteiger partial charge in [-0.25, -0.2) is 4.57 Å². The van der Waals surface area contributed by atoms with Gasteiger partial charge in [0.25, 0.3) is 0 Å². The summed E-state index contributed by atoms with van der Waals surface area (Å²) in [5.74, 6) is 0.0314. The van der Waals surface area contributed by atoms with Gasteiger partial charge in [0.2, 0.25) is 5.78 Å². The Labute approximate surface area is 74.1 Å². The number of aryl methyl sites for hydroxylation is 1. The zero-order chi connectivity index (χ0) is 9.59. The molecule has 68 valence electrons. The lowest BCUT2D eigenvalue weighted by atomic mass is 10.2. The summed E-state index contributed by atoms with van der Waals surface area (Å²) in [6.45, 7) is 2.17. The third kappa shape index (κ3) is 0.965. The maximum atomic E-state index is 11.3. The van der Waals surface area contributed by atoms with Gasteiger partial charge in [0, 0.05) is 11.6 Å². The van der Waals surface area contributed by atoms with Crippen LogP contribution in [0.2, 0.25) is 0 Å². The number of nitro groups is 1. The van der Waals surface area contributed by atoms with Gasteiger partial charge in [-0.15, -0.1) is 0 Å². The average molecular weight is 180 g/mol. The quantitative estimate of drug-likeness (QED) is 0.483. The first kappa shape index (κ1) is 7.97. The summed E-state index contributed by atoms with van der Waals surface area (Å²) < 4.78 is 1.48. The number of hydrogen-bond acceptors (Lipinski definition) is 3. The van der Waals surface area contributed by atoms with Crippen LogP contribution >= 0.6 is 0 Å². The second kappa shape index (κ2) is 2.42. The minimum absolute atomic E-state index is 0.00519. The van der Waals surface area contributed by atoms with Gasteiger partial charge in [-0.2, -0.15) is 0 Å². The fraction of sp³-hybridized carbons (Fsp3) is 0.375. The van der Waals surface area contributed by atoms with Crippen LogP contribution in [0, 0.1) is 17.0 Å². The van der Waals surface area contributed by atoms with E-state index in [-0.39, 0.29) is 11.6 Å². The van der Waals surface area contributed by atoms with E-state index in [1.54, 1.807) is 6.92 Å². The molecule has 1 aliphatic rings. The second-order valence-corrected chi connectivity index (χ2v) is 3.12. The lowest BCUT2D eigenvalue weighted by molar-refractivity contribution is -0.392. The highest BCUT2D eigenvalue weighted by atomic mass is 16.6. The molecule has 1 aromatic heterocycles. The SMILES string of the molecule is Cc1cc([N+](=O)[O-])n2c1C(=O)CC2. The third-order valence-electron chi connectivity index (χ3n) is 2.28. The summed E-state index contributed by atoms with van der Waals surface area (Å²) in [7, 11) is 0. The van der Waals surface area contributed by atoms with Crippen LogP contribution in [-0.4, -0.2) is 15.3 Å². The second-order valence-electron chi connectivity index (χ2n) is 3.12. The first-order chi connectivity index (χ1) is 6.11. The van der Waals surface area contributed by atoms with Crippen molar-refractivity contribution in [2.45, 2.75) is 19.9 Å². The molecule has 13 heavy (non-hydrogen) atoms. The molecule has 2 rings (SSSR count). The van der Waals surface area contributed by atoms with Crippen molar-refractivity contribution < 1.29 is 9.72 Å². The van der Waals surface area contributed by atoms with Crippen LogP contribution in [0.15, 0.2) is 6.07 Å². The Morgan fingerprint density at radius 3 is 2.92 bits per heavy atom. The molecule has 0 saturated heterocycles. The predicted molar refractivity (Wildman–Crippen MR) is 44.8 cm³/mol. The standard InChI is InChI=1S/C8H8N2O3/c1-5-4-7(10(12)13)9-3-2-6(11)8(5)9/h4H,2-3H2,1H3. The van der Waals surface area contributed by atoms with Gasteiger partial charge < -0.3 is 10.1 Å². The van der Waals surface area contributed by atoms with Crippen LogP contribution in [0.1, 0.15) is 22.5 Å². The van der Waals surface area contributed by atoms with E-state index in [1.807, 2.05) is 0 Å². The maximum Gasteiger partial charge on any atom is 0.323 e. The van der Waals surface area contributed by atoms with Crippen molar-refractivity contribution in [2.75, 3.05) is 0 Å². The first-order valence-corrected chi connectivity index (χ1v) is 3.99. The monoisotopic (exact) mass is 180 g/mol. The highest BCUT2D eigenvalue weighted by molar-refractivity contribution is 5.98. The Bertz CT molecular complexity index is 406. The van der Waals surface area contributed by atoms with Crippen LogP contribution in [-0.2, 0) is 6.54 Å². The Hall–Kier alpha value is -1.65. The third-order valence-corrected chi connectivity index (χ3v) is 2.28. The molecule has 0 aliphatic carbocycles. The molecule has 5 heteroatoms. The van der Waals surface area contributed by atoms with Crippen molar-refractivity contribution in [2.24, 2.45) is 0 Å². The first-order valence-electron chi connectivity index (χ1n) is 3.99. The normalized spacial score (nSPS) is 14.7. The molecule has 0 amide bonds. The van der Waals surface area contributed by atoms with Crippen molar-refractivity contribution in [1.82, 2.24) is 4.57 Å². The smallest absolute Gasteiger partial charge is 0.323 e. The summed E-state index contributed by atoms with van der Waals surface area (Å²) in [6, 6.07) is 1.45. The topological polar surface area (TPSA) is 65.1 Å². The van der Waals surface area contributed by atoms with E-state index in [0.717, 1.165) is 0 Å². The van der Waals surface area contributed by atoms with Crippen LogP contribution in [0.4, 0.5) is 5.82 Å². The van der Waals surface area contributed by atoms with E-state index in [0.29, 0.717) is 24.2 Å². The van der Waals surface area contributed by atoms with Crippen LogP contribution in [0.3, 0.4) is 0 Å². The molecular formula is C8H8N2O3. The minimum atomic E-state index is -0.449. The fourth-order valence-electron chi connectivity index (χ4n) is 1.75. The summed E-state index contributed by atoms with van der Waals surface area (Å²) in [6.07, 6.45) is 0.387. The van der Waals surface area contributed by atoms with Gasteiger partial charge in [0.05, 0.1) is 13.0 Å². The Morgan fingerprint density at radius 1 is 1.62 bits per heavy atom. The van der Waals surface area contributed by atoms with E-state index in [9.17, 15) is 14.9 Å². The van der Waals surface area contributed by atoms with E-state index in [1.165, 1.54) is 10.6 Å². The summed E-state index contributed by atoms with van der Waals surface area (Å²) in [5, 5.41) is 10.6. The van der Waals surface area contributed by atoms with Gasteiger partial charge in [-0.05, 0) is 11.8 Å². The van der Waals surface area contributed by atoms with Gasteiger partial charge in [0.15, 0.2) is 5.69 Å². The van der Waals surface area contributed by atoms with Gasteiger partial charge in [-0.1, -0.05) is 0 Å². The van der Waals surface area contributed by atoms with Gasteiger partial charge >= 0.3 is 5.82 Å². The Kier molecular flexibility index (Phi) is 1.48.